The van der Waals surface area contributed by atoms with Crippen LogP contribution in [-0.4, -0.2) is 56.3 Å². The smallest absolute Gasteiger partial charge is 0.261 e. The molecule has 0 fully saturated rings. The molecule has 29 heavy (non-hydrogen) atoms. The highest BCUT2D eigenvalue weighted by molar-refractivity contribution is 7.98. The van der Waals surface area contributed by atoms with Crippen molar-refractivity contribution in [2.45, 2.75) is 11.3 Å². The number of nitrogens with zero attached hydrogens (tertiary/aromatic N) is 3. The molecule has 0 spiro atoms. The first-order chi connectivity index (χ1) is 13.5. The van der Waals surface area contributed by atoms with Crippen LogP contribution in [0.5, 0.6) is 5.75 Å². The van der Waals surface area contributed by atoms with Crippen molar-refractivity contribution in [3.05, 3.63) is 48.0 Å². The van der Waals surface area contributed by atoms with Gasteiger partial charge >= 0.3 is 0 Å². The molecule has 0 aliphatic rings. The molecule has 0 N–H and O–H groups in total. The highest BCUT2D eigenvalue weighted by atomic mass is 35.5. The van der Waals surface area contributed by atoms with Crippen molar-refractivity contribution in [1.29, 1.82) is 0 Å². The highest BCUT2D eigenvalue weighted by Crippen LogP contribution is 2.35. The lowest BCUT2D eigenvalue weighted by Gasteiger charge is -2.22. The van der Waals surface area contributed by atoms with Crippen molar-refractivity contribution in [2.75, 3.05) is 45.5 Å². The third-order valence-electron chi connectivity index (χ3n) is 4.39. The lowest BCUT2D eigenvalue weighted by atomic mass is 10.2. The summed E-state index contributed by atoms with van der Waals surface area (Å²) in [5, 5.41) is 0.708. The summed E-state index contributed by atoms with van der Waals surface area (Å²) in [4.78, 5) is 23.1. The Labute approximate surface area is 186 Å². The second-order valence-corrected chi connectivity index (χ2v) is 8.47. The third-order valence-corrected chi connectivity index (χ3v) is 6.23. The average Bonchev–Trinajstić information content (AvgIpc) is 3.14. The molecule has 0 aliphatic heterocycles. The molecule has 156 valence electrons. The maximum absolute atomic E-state index is 13.5. The summed E-state index contributed by atoms with van der Waals surface area (Å²) in [6.45, 7) is 1.52. The molecule has 8 heteroatoms. The van der Waals surface area contributed by atoms with Crippen LogP contribution in [-0.2, 0) is 0 Å². The topological polar surface area (TPSA) is 45.7 Å². The summed E-state index contributed by atoms with van der Waals surface area (Å²) in [6.07, 6.45) is 2.86. The largest absolute Gasteiger partial charge is 0.494 e. The minimum absolute atomic E-state index is 0. The van der Waals surface area contributed by atoms with Gasteiger partial charge in [0, 0.05) is 11.4 Å². The number of hydrogen-bond acceptors (Lipinski definition) is 6. The molecule has 2 aromatic carbocycles. The number of halogens is 1. The van der Waals surface area contributed by atoms with Gasteiger partial charge in [-0.05, 0) is 57.6 Å². The van der Waals surface area contributed by atoms with Gasteiger partial charge < -0.3 is 9.64 Å². The van der Waals surface area contributed by atoms with Crippen LogP contribution >= 0.6 is 35.5 Å². The number of carbonyl (C=O) groups excluding carboxylic acids is 1. The van der Waals surface area contributed by atoms with E-state index in [4.69, 9.17) is 9.72 Å². The van der Waals surface area contributed by atoms with Crippen LogP contribution in [0.15, 0.2) is 47.4 Å². The monoisotopic (exact) mass is 451 g/mol. The van der Waals surface area contributed by atoms with Crippen LogP contribution in [0.2, 0.25) is 0 Å². The van der Waals surface area contributed by atoms with Crippen molar-refractivity contribution in [3.8, 4) is 5.75 Å². The Balaban J connectivity index is 0.00000300. The number of carbonyl (C=O) groups is 1. The van der Waals surface area contributed by atoms with E-state index in [1.807, 2.05) is 67.7 Å². The summed E-state index contributed by atoms with van der Waals surface area (Å²) in [5.41, 5.74) is 1.51. The van der Waals surface area contributed by atoms with Crippen LogP contribution < -0.4 is 9.64 Å². The molecule has 0 unspecified atom stereocenters. The number of aromatic nitrogens is 1. The van der Waals surface area contributed by atoms with E-state index < -0.39 is 0 Å². The van der Waals surface area contributed by atoms with Gasteiger partial charge in [-0.3, -0.25) is 9.69 Å². The summed E-state index contributed by atoms with van der Waals surface area (Å²) in [7, 11) is 5.72. The van der Waals surface area contributed by atoms with Crippen molar-refractivity contribution in [3.63, 3.8) is 0 Å². The summed E-state index contributed by atoms with van der Waals surface area (Å²) in [6, 6.07) is 13.6. The van der Waals surface area contributed by atoms with Crippen LogP contribution in [0.25, 0.3) is 10.2 Å². The third kappa shape index (κ3) is 5.42. The van der Waals surface area contributed by atoms with Gasteiger partial charge in [-0.25, -0.2) is 4.98 Å². The Morgan fingerprint density at radius 3 is 2.59 bits per heavy atom. The molecule has 1 aromatic heterocycles. The Morgan fingerprint density at radius 2 is 1.90 bits per heavy atom. The van der Waals surface area contributed by atoms with Gasteiger partial charge in [-0.2, -0.15) is 0 Å². The fourth-order valence-corrected chi connectivity index (χ4v) is 4.59. The van der Waals surface area contributed by atoms with E-state index in [2.05, 4.69) is 4.90 Å². The quantitative estimate of drug-likeness (QED) is 0.448. The van der Waals surface area contributed by atoms with Crippen molar-refractivity contribution in [1.82, 2.24) is 9.88 Å². The first kappa shape index (κ1) is 23.5. The van der Waals surface area contributed by atoms with Crippen molar-refractivity contribution >= 4 is 56.8 Å². The van der Waals surface area contributed by atoms with E-state index in [-0.39, 0.29) is 18.3 Å². The zero-order valence-electron chi connectivity index (χ0n) is 17.0. The molecule has 0 bridgehead atoms. The van der Waals surface area contributed by atoms with Gasteiger partial charge in [-0.15, -0.1) is 24.2 Å². The summed E-state index contributed by atoms with van der Waals surface area (Å²) in [5.74, 6) is 0.715. The number of ether oxygens (including phenoxy) is 1. The molecule has 0 atom stereocenters. The molecule has 5 nitrogen and oxygen atoms in total. The van der Waals surface area contributed by atoms with Crippen LogP contribution in [0.3, 0.4) is 0 Å². The molecule has 3 rings (SSSR count). The van der Waals surface area contributed by atoms with Crippen molar-refractivity contribution < 1.29 is 9.53 Å². The molecule has 0 aliphatic carbocycles. The number of methoxy groups -OCH3 is 1. The minimum Gasteiger partial charge on any atom is -0.494 e. The van der Waals surface area contributed by atoms with Gasteiger partial charge in [0.25, 0.3) is 5.91 Å². The van der Waals surface area contributed by atoms with E-state index in [1.54, 1.807) is 18.9 Å². The number of thioether (sulfide) groups is 1. The standard InChI is InChI=1S/C21H25N3O2S2.ClH/c1-23(2)13-8-14-24(20(25)15-9-5-6-11-17(15)27-4)21-22-19-16(26-3)10-7-12-18(19)28-21;/h5-7,9-12H,8,13-14H2,1-4H3;1H. The summed E-state index contributed by atoms with van der Waals surface area (Å²) < 4.78 is 6.46. The Morgan fingerprint density at radius 1 is 1.14 bits per heavy atom. The van der Waals surface area contributed by atoms with Crippen LogP contribution in [0, 0.1) is 0 Å². The summed E-state index contributed by atoms with van der Waals surface area (Å²) >= 11 is 3.11. The van der Waals surface area contributed by atoms with E-state index in [1.165, 1.54) is 11.3 Å². The van der Waals surface area contributed by atoms with Crippen LogP contribution in [0.1, 0.15) is 16.8 Å². The SMILES string of the molecule is COc1cccc2sc(N(CCCN(C)C)C(=O)c3ccccc3SC)nc12.Cl. The second kappa shape index (κ2) is 10.8. The number of thiazole rings is 1. The van der Waals surface area contributed by atoms with E-state index >= 15 is 0 Å². The van der Waals surface area contributed by atoms with E-state index in [0.29, 0.717) is 17.2 Å². The Kier molecular flexibility index (Phi) is 8.77. The molecule has 0 saturated carbocycles. The predicted molar refractivity (Wildman–Crippen MR) is 126 cm³/mol. The van der Waals surface area contributed by atoms with Gasteiger partial charge in [-0.1, -0.05) is 29.5 Å². The molecular weight excluding hydrogens is 426 g/mol. The maximum Gasteiger partial charge on any atom is 0.261 e. The first-order valence-corrected chi connectivity index (χ1v) is 11.1. The lowest BCUT2D eigenvalue weighted by molar-refractivity contribution is 0.0983. The second-order valence-electron chi connectivity index (χ2n) is 6.62. The molecule has 0 saturated heterocycles. The van der Waals surface area contributed by atoms with E-state index in [9.17, 15) is 4.79 Å². The zero-order valence-corrected chi connectivity index (χ0v) is 19.5. The van der Waals surface area contributed by atoms with E-state index in [0.717, 1.165) is 33.8 Å². The number of rotatable bonds is 8. The molecule has 0 radical (unpaired) electrons. The number of anilines is 1. The molecule has 1 amide bonds. The van der Waals surface area contributed by atoms with Gasteiger partial charge in [0.1, 0.15) is 11.3 Å². The zero-order chi connectivity index (χ0) is 20.1. The Bertz CT molecular complexity index is 962. The van der Waals surface area contributed by atoms with Crippen molar-refractivity contribution in [2.24, 2.45) is 0 Å². The minimum atomic E-state index is -0.0123. The van der Waals surface area contributed by atoms with Gasteiger partial charge in [0.05, 0.1) is 17.4 Å². The average molecular weight is 452 g/mol. The number of benzene rings is 2. The number of para-hydroxylation sites is 1. The molecule has 1 heterocycles. The van der Waals surface area contributed by atoms with Gasteiger partial charge in [0.15, 0.2) is 5.13 Å². The fraction of sp³-hybridized carbons (Fsp3) is 0.333. The predicted octanol–water partition coefficient (Wildman–Crippen LogP) is 5.05. The number of amides is 1. The normalized spacial score (nSPS) is 10.8. The highest BCUT2D eigenvalue weighted by Gasteiger charge is 2.23. The van der Waals surface area contributed by atoms with Gasteiger partial charge in [0.2, 0.25) is 0 Å². The molecule has 3 aromatic rings. The first-order valence-electron chi connectivity index (χ1n) is 9.08. The lowest BCUT2D eigenvalue weighted by Crippen LogP contribution is -2.33. The van der Waals surface area contributed by atoms with Crippen LogP contribution in [0.4, 0.5) is 5.13 Å². The molecular formula is C21H26ClN3O2S2. The number of fused-ring (bicyclic) bond motifs is 1. The number of hydrogen-bond donors (Lipinski definition) is 0. The maximum atomic E-state index is 13.5. The fourth-order valence-electron chi connectivity index (χ4n) is 2.99. The Hall–Kier alpha value is -1.80.